The van der Waals surface area contributed by atoms with Crippen LogP contribution in [0.15, 0.2) is 29.2 Å². The number of amides is 2. The van der Waals surface area contributed by atoms with E-state index in [0.717, 1.165) is 12.8 Å². The van der Waals surface area contributed by atoms with Crippen LogP contribution in [-0.2, 0) is 9.59 Å². The second-order valence-electron chi connectivity index (χ2n) is 5.46. The highest BCUT2D eigenvalue weighted by Gasteiger charge is 2.26. The molecule has 1 aliphatic heterocycles. The van der Waals surface area contributed by atoms with Crippen molar-refractivity contribution in [3.8, 4) is 0 Å². The number of rotatable bonds is 4. The maximum absolute atomic E-state index is 13.5. The Morgan fingerprint density at radius 3 is 2.55 bits per heavy atom. The number of carbonyl (C=O) groups excluding carboxylic acids is 2. The lowest BCUT2D eigenvalue weighted by atomic mass is 10.0. The minimum absolute atomic E-state index is 0.0252. The van der Waals surface area contributed by atoms with Gasteiger partial charge < -0.3 is 9.80 Å². The van der Waals surface area contributed by atoms with Crippen molar-refractivity contribution in [3.63, 3.8) is 0 Å². The molecule has 4 nitrogen and oxygen atoms in total. The van der Waals surface area contributed by atoms with Crippen LogP contribution in [0.2, 0.25) is 0 Å². The lowest BCUT2D eigenvalue weighted by molar-refractivity contribution is -0.132. The summed E-state index contributed by atoms with van der Waals surface area (Å²) in [4.78, 5) is 27.6. The topological polar surface area (TPSA) is 40.6 Å². The van der Waals surface area contributed by atoms with Gasteiger partial charge in [-0.05, 0) is 25.0 Å². The zero-order valence-electron chi connectivity index (χ0n) is 12.9. The summed E-state index contributed by atoms with van der Waals surface area (Å²) < 4.78 is 13.5. The molecule has 1 aromatic carbocycles. The number of benzene rings is 1. The first-order valence-electron chi connectivity index (χ1n) is 7.37. The van der Waals surface area contributed by atoms with Gasteiger partial charge in [0, 0.05) is 38.0 Å². The van der Waals surface area contributed by atoms with Gasteiger partial charge in [0.05, 0.1) is 5.75 Å². The highest BCUT2D eigenvalue weighted by Crippen LogP contribution is 2.22. The molecule has 2 rings (SSSR count). The van der Waals surface area contributed by atoms with Gasteiger partial charge in [-0.1, -0.05) is 12.1 Å². The second kappa shape index (κ2) is 7.63. The van der Waals surface area contributed by atoms with E-state index in [1.165, 1.54) is 17.8 Å². The van der Waals surface area contributed by atoms with Gasteiger partial charge in [0.1, 0.15) is 5.82 Å². The highest BCUT2D eigenvalue weighted by molar-refractivity contribution is 8.00. The van der Waals surface area contributed by atoms with Crippen molar-refractivity contribution in [3.05, 3.63) is 30.1 Å². The quantitative estimate of drug-likeness (QED) is 0.799. The summed E-state index contributed by atoms with van der Waals surface area (Å²) in [7, 11) is 1.80. The van der Waals surface area contributed by atoms with Crippen LogP contribution in [0.25, 0.3) is 0 Å². The Bertz CT molecular complexity index is 545. The fourth-order valence-electron chi connectivity index (χ4n) is 2.55. The molecule has 1 aromatic rings. The molecule has 0 spiro atoms. The van der Waals surface area contributed by atoms with Crippen LogP contribution in [0, 0.1) is 5.82 Å². The van der Waals surface area contributed by atoms with Gasteiger partial charge in [-0.2, -0.15) is 0 Å². The summed E-state index contributed by atoms with van der Waals surface area (Å²) in [6.45, 7) is 2.86. The van der Waals surface area contributed by atoms with Crippen LogP contribution in [0.1, 0.15) is 19.8 Å². The monoisotopic (exact) mass is 324 g/mol. The predicted octanol–water partition coefficient (Wildman–Crippen LogP) is 2.39. The molecular formula is C16H21FN2O2S. The zero-order chi connectivity index (χ0) is 16.1. The van der Waals surface area contributed by atoms with Gasteiger partial charge >= 0.3 is 0 Å². The van der Waals surface area contributed by atoms with E-state index in [1.54, 1.807) is 42.0 Å². The number of hydrogen-bond acceptors (Lipinski definition) is 3. The first kappa shape index (κ1) is 16.8. The number of hydrogen-bond donors (Lipinski definition) is 0. The second-order valence-corrected chi connectivity index (χ2v) is 6.48. The minimum atomic E-state index is -0.290. The number of piperidine rings is 1. The van der Waals surface area contributed by atoms with Gasteiger partial charge in [0.25, 0.3) is 0 Å². The van der Waals surface area contributed by atoms with E-state index < -0.39 is 0 Å². The Labute approximate surface area is 134 Å². The molecule has 0 unspecified atom stereocenters. The van der Waals surface area contributed by atoms with Crippen molar-refractivity contribution in [1.82, 2.24) is 9.80 Å². The van der Waals surface area contributed by atoms with Crippen LogP contribution >= 0.6 is 11.8 Å². The molecule has 6 heteroatoms. The van der Waals surface area contributed by atoms with Crippen molar-refractivity contribution in [2.24, 2.45) is 0 Å². The van der Waals surface area contributed by atoms with Crippen LogP contribution in [-0.4, -0.2) is 53.5 Å². The molecular weight excluding hydrogens is 303 g/mol. The van der Waals surface area contributed by atoms with E-state index in [-0.39, 0.29) is 29.4 Å². The SMILES string of the molecule is CC(=O)N(C)C1CCN(C(=O)CSc2ccccc2F)CC1. The van der Waals surface area contributed by atoms with Gasteiger partial charge in [-0.25, -0.2) is 4.39 Å². The molecule has 1 aliphatic rings. The largest absolute Gasteiger partial charge is 0.343 e. The third-order valence-electron chi connectivity index (χ3n) is 4.05. The molecule has 1 heterocycles. The van der Waals surface area contributed by atoms with Crippen molar-refractivity contribution in [2.75, 3.05) is 25.9 Å². The molecule has 22 heavy (non-hydrogen) atoms. The molecule has 0 N–H and O–H groups in total. The number of likely N-dealkylation sites (tertiary alicyclic amines) is 1. The lowest BCUT2D eigenvalue weighted by Crippen LogP contribution is -2.47. The van der Waals surface area contributed by atoms with Crippen LogP contribution in [0.5, 0.6) is 0 Å². The number of halogens is 1. The number of thioether (sulfide) groups is 1. The van der Waals surface area contributed by atoms with Crippen LogP contribution < -0.4 is 0 Å². The summed E-state index contributed by atoms with van der Waals surface area (Å²) >= 11 is 1.23. The van der Waals surface area contributed by atoms with E-state index in [9.17, 15) is 14.0 Å². The Balaban J connectivity index is 1.80. The van der Waals surface area contributed by atoms with E-state index in [1.807, 2.05) is 0 Å². The molecule has 1 saturated heterocycles. The summed E-state index contributed by atoms with van der Waals surface area (Å²) in [6.07, 6.45) is 1.60. The van der Waals surface area contributed by atoms with Gasteiger partial charge in [-0.15, -0.1) is 11.8 Å². The Hall–Kier alpha value is -1.56. The highest BCUT2D eigenvalue weighted by atomic mass is 32.2. The third-order valence-corrected chi connectivity index (χ3v) is 5.08. The molecule has 0 aliphatic carbocycles. The van der Waals surface area contributed by atoms with Crippen molar-refractivity contribution in [2.45, 2.75) is 30.7 Å². The van der Waals surface area contributed by atoms with E-state index in [2.05, 4.69) is 0 Å². The summed E-state index contributed by atoms with van der Waals surface area (Å²) in [5.74, 6) is 0.0351. The average molecular weight is 324 g/mol. The molecule has 1 fully saturated rings. The fraction of sp³-hybridized carbons (Fsp3) is 0.500. The maximum Gasteiger partial charge on any atom is 0.232 e. The Morgan fingerprint density at radius 2 is 1.95 bits per heavy atom. The predicted molar refractivity (Wildman–Crippen MR) is 85.2 cm³/mol. The zero-order valence-corrected chi connectivity index (χ0v) is 13.7. The Morgan fingerprint density at radius 1 is 1.32 bits per heavy atom. The third kappa shape index (κ3) is 4.22. The molecule has 0 saturated carbocycles. The van der Waals surface area contributed by atoms with Crippen LogP contribution in [0.4, 0.5) is 4.39 Å². The van der Waals surface area contributed by atoms with Crippen molar-refractivity contribution in [1.29, 1.82) is 0 Å². The molecule has 0 aromatic heterocycles. The first-order chi connectivity index (χ1) is 10.5. The van der Waals surface area contributed by atoms with Crippen LogP contribution in [0.3, 0.4) is 0 Å². The normalized spacial score (nSPS) is 15.7. The van der Waals surface area contributed by atoms with E-state index >= 15 is 0 Å². The van der Waals surface area contributed by atoms with Gasteiger partial charge in [0.15, 0.2) is 0 Å². The van der Waals surface area contributed by atoms with Crippen molar-refractivity contribution >= 4 is 23.6 Å². The summed E-state index contributed by atoms with van der Waals surface area (Å²) in [5, 5.41) is 0. The molecule has 2 amide bonds. The standard InChI is InChI=1S/C16H21FN2O2S/c1-12(20)18(2)13-7-9-19(10-8-13)16(21)11-22-15-6-4-3-5-14(15)17/h3-6,13H,7-11H2,1-2H3. The molecule has 0 radical (unpaired) electrons. The first-order valence-corrected chi connectivity index (χ1v) is 8.36. The molecule has 0 bridgehead atoms. The average Bonchev–Trinajstić information content (AvgIpc) is 2.53. The lowest BCUT2D eigenvalue weighted by Gasteiger charge is -2.36. The smallest absolute Gasteiger partial charge is 0.232 e. The minimum Gasteiger partial charge on any atom is -0.343 e. The number of nitrogens with zero attached hydrogens (tertiary/aromatic N) is 2. The van der Waals surface area contributed by atoms with Gasteiger partial charge in [-0.3, -0.25) is 9.59 Å². The summed E-state index contributed by atoms with van der Waals surface area (Å²) in [6, 6.07) is 6.69. The molecule has 0 atom stereocenters. The Kier molecular flexibility index (Phi) is 5.83. The fourth-order valence-corrected chi connectivity index (χ4v) is 3.39. The van der Waals surface area contributed by atoms with E-state index in [4.69, 9.17) is 0 Å². The number of carbonyl (C=O) groups is 2. The van der Waals surface area contributed by atoms with Crippen molar-refractivity contribution < 1.29 is 14.0 Å². The molecule has 120 valence electrons. The van der Waals surface area contributed by atoms with E-state index in [0.29, 0.717) is 18.0 Å². The maximum atomic E-state index is 13.5. The van der Waals surface area contributed by atoms with Gasteiger partial charge in [0.2, 0.25) is 11.8 Å². The summed E-state index contributed by atoms with van der Waals surface area (Å²) in [5.41, 5.74) is 0.